The molecule has 1 aliphatic rings. The average Bonchev–Trinajstić information content (AvgIpc) is 2.89. The second-order valence-electron chi connectivity index (χ2n) is 3.97. The Labute approximate surface area is 150 Å². The summed E-state index contributed by atoms with van der Waals surface area (Å²) in [6, 6.07) is 3.46. The van der Waals surface area contributed by atoms with Gasteiger partial charge in [-0.3, -0.25) is 0 Å². The molecule has 0 fully saturated rings. The molecule has 1 aromatic rings. The summed E-state index contributed by atoms with van der Waals surface area (Å²) in [5.74, 6) is 0.715. The minimum atomic E-state index is -1.83. The predicted molar refractivity (Wildman–Crippen MR) is 89.9 cm³/mol. The van der Waals surface area contributed by atoms with Crippen molar-refractivity contribution in [3.63, 3.8) is 0 Å². The number of furan rings is 1. The van der Waals surface area contributed by atoms with E-state index in [2.05, 4.69) is 15.3 Å². The standard InChI is InChI=1S/C11H7Cl6N3O/c1-5(6-3-2-4-21-6)7-18-8(10(12,13)14)20-9(19-7)11(15,16)17/h2-4H,1H3,(H,18,19,20). The molecule has 0 aliphatic carbocycles. The minimum Gasteiger partial charge on any atom is -0.465 e. The van der Waals surface area contributed by atoms with Gasteiger partial charge in [0.15, 0.2) is 17.5 Å². The van der Waals surface area contributed by atoms with Crippen LogP contribution in [0.2, 0.25) is 0 Å². The summed E-state index contributed by atoms with van der Waals surface area (Å²) in [5, 5.41) is 2.61. The van der Waals surface area contributed by atoms with Gasteiger partial charge in [-0.2, -0.15) is 0 Å². The third-order valence-electron chi connectivity index (χ3n) is 2.44. The maximum Gasteiger partial charge on any atom is 0.248 e. The fourth-order valence-electron chi connectivity index (χ4n) is 1.44. The topological polar surface area (TPSA) is 49.9 Å². The number of hydrogen-bond donors (Lipinski definition) is 1. The SMILES string of the molecule is CC(=C1N=C(C(Cl)(Cl)Cl)NC(C(Cl)(Cl)Cl)=N1)c1ccco1. The van der Waals surface area contributed by atoms with Crippen LogP contribution >= 0.6 is 69.6 Å². The summed E-state index contributed by atoms with van der Waals surface area (Å²) in [6.07, 6.45) is 1.51. The van der Waals surface area contributed by atoms with E-state index in [1.165, 1.54) is 6.26 Å². The molecular formula is C11H7Cl6N3O. The lowest BCUT2D eigenvalue weighted by atomic mass is 10.2. The van der Waals surface area contributed by atoms with Gasteiger partial charge in [0, 0.05) is 5.57 Å². The first-order valence-electron chi connectivity index (χ1n) is 5.42. The number of alkyl halides is 6. The molecule has 0 bridgehead atoms. The third kappa shape index (κ3) is 4.21. The van der Waals surface area contributed by atoms with Gasteiger partial charge >= 0.3 is 0 Å². The van der Waals surface area contributed by atoms with Gasteiger partial charge in [-0.1, -0.05) is 69.6 Å². The molecule has 4 nitrogen and oxygen atoms in total. The highest BCUT2D eigenvalue weighted by molar-refractivity contribution is 6.79. The molecule has 2 heterocycles. The first-order valence-corrected chi connectivity index (χ1v) is 7.69. The highest BCUT2D eigenvalue weighted by Crippen LogP contribution is 2.35. The molecule has 0 radical (unpaired) electrons. The van der Waals surface area contributed by atoms with Crippen molar-refractivity contribution in [3.8, 4) is 0 Å². The molecule has 10 heteroatoms. The fraction of sp³-hybridized carbons (Fsp3) is 0.273. The van der Waals surface area contributed by atoms with Crippen LogP contribution < -0.4 is 5.32 Å². The van der Waals surface area contributed by atoms with Gasteiger partial charge in [-0.05, 0) is 19.1 Å². The van der Waals surface area contributed by atoms with E-state index >= 15 is 0 Å². The summed E-state index contributed by atoms with van der Waals surface area (Å²) >= 11 is 35.0. The van der Waals surface area contributed by atoms with E-state index in [1.807, 2.05) is 0 Å². The van der Waals surface area contributed by atoms with Crippen molar-refractivity contribution in [2.75, 3.05) is 0 Å². The van der Waals surface area contributed by atoms with Crippen molar-refractivity contribution in [1.82, 2.24) is 5.32 Å². The minimum absolute atomic E-state index is 0.0234. The van der Waals surface area contributed by atoms with Gasteiger partial charge in [-0.15, -0.1) is 0 Å². The molecule has 1 aromatic heterocycles. The van der Waals surface area contributed by atoms with Gasteiger partial charge in [-0.25, -0.2) is 9.98 Å². The van der Waals surface area contributed by atoms with E-state index in [-0.39, 0.29) is 17.5 Å². The zero-order valence-corrected chi connectivity index (χ0v) is 14.8. The quantitative estimate of drug-likeness (QED) is 0.655. The van der Waals surface area contributed by atoms with Crippen molar-refractivity contribution >= 4 is 86.8 Å². The lowest BCUT2D eigenvalue weighted by Crippen LogP contribution is -2.46. The molecule has 2 rings (SSSR count). The van der Waals surface area contributed by atoms with Crippen LogP contribution in [-0.2, 0) is 0 Å². The molecule has 0 atom stereocenters. The number of nitrogens with one attached hydrogen (secondary N) is 1. The number of nitrogens with zero attached hydrogens (tertiary/aromatic N) is 2. The summed E-state index contributed by atoms with van der Waals surface area (Å²) in [6.45, 7) is 1.73. The van der Waals surface area contributed by atoms with E-state index in [1.54, 1.807) is 19.1 Å². The van der Waals surface area contributed by atoms with Crippen LogP contribution in [-0.4, -0.2) is 19.3 Å². The van der Waals surface area contributed by atoms with Crippen molar-refractivity contribution < 1.29 is 4.42 Å². The van der Waals surface area contributed by atoms with Crippen LogP contribution in [0.5, 0.6) is 0 Å². The molecule has 0 spiro atoms. The summed E-state index contributed by atoms with van der Waals surface area (Å²) in [4.78, 5) is 8.28. The van der Waals surface area contributed by atoms with Gasteiger partial charge in [0.05, 0.1) is 6.26 Å². The Bertz CT molecular complexity index is 589. The van der Waals surface area contributed by atoms with Crippen LogP contribution in [0.15, 0.2) is 38.6 Å². The van der Waals surface area contributed by atoms with Gasteiger partial charge in [0.2, 0.25) is 7.59 Å². The van der Waals surface area contributed by atoms with Crippen LogP contribution in [0.3, 0.4) is 0 Å². The zero-order chi connectivity index (χ0) is 15.8. The lowest BCUT2D eigenvalue weighted by molar-refractivity contribution is 0.552. The smallest absolute Gasteiger partial charge is 0.248 e. The average molecular weight is 410 g/mol. The molecule has 0 aromatic carbocycles. The van der Waals surface area contributed by atoms with Crippen molar-refractivity contribution in [3.05, 3.63) is 30.0 Å². The Hall–Kier alpha value is -0.100. The van der Waals surface area contributed by atoms with Crippen LogP contribution in [0.4, 0.5) is 0 Å². The van der Waals surface area contributed by atoms with E-state index in [4.69, 9.17) is 74.0 Å². The molecule has 1 N–H and O–H groups in total. The van der Waals surface area contributed by atoms with Gasteiger partial charge in [0.25, 0.3) is 0 Å². The predicted octanol–water partition coefficient (Wildman–Crippen LogP) is 5.11. The van der Waals surface area contributed by atoms with Gasteiger partial charge < -0.3 is 9.73 Å². The second kappa shape index (κ2) is 6.19. The van der Waals surface area contributed by atoms with Crippen molar-refractivity contribution in [1.29, 1.82) is 0 Å². The number of hydrogen-bond acceptors (Lipinski definition) is 4. The Kier molecular flexibility index (Phi) is 5.08. The summed E-state index contributed by atoms with van der Waals surface area (Å²) < 4.78 is 1.62. The molecule has 1 aliphatic heterocycles. The molecular weight excluding hydrogens is 403 g/mol. The molecule has 0 amide bonds. The number of amidine groups is 2. The summed E-state index contributed by atoms with van der Waals surface area (Å²) in [5.41, 5.74) is 0.597. The number of aliphatic imine (C=N–C) groups is 2. The fourth-order valence-corrected chi connectivity index (χ4v) is 1.98. The van der Waals surface area contributed by atoms with Crippen LogP contribution in [0, 0.1) is 0 Å². The Balaban J connectivity index is 2.56. The van der Waals surface area contributed by atoms with E-state index in [0.717, 1.165) is 0 Å². The van der Waals surface area contributed by atoms with Crippen molar-refractivity contribution in [2.24, 2.45) is 9.98 Å². The molecule has 21 heavy (non-hydrogen) atoms. The highest BCUT2D eigenvalue weighted by Gasteiger charge is 2.38. The highest BCUT2D eigenvalue weighted by atomic mass is 35.6. The third-order valence-corrected chi connectivity index (χ3v) is 3.51. The Morgan fingerprint density at radius 1 is 1.05 bits per heavy atom. The monoisotopic (exact) mass is 407 g/mol. The maximum absolute atomic E-state index is 5.83. The second-order valence-corrected chi connectivity index (χ2v) is 8.53. The van der Waals surface area contributed by atoms with E-state index in [9.17, 15) is 0 Å². The van der Waals surface area contributed by atoms with E-state index < -0.39 is 7.59 Å². The van der Waals surface area contributed by atoms with E-state index in [0.29, 0.717) is 11.3 Å². The normalized spacial score (nSPS) is 16.2. The van der Waals surface area contributed by atoms with Gasteiger partial charge in [0.1, 0.15) is 5.76 Å². The first-order chi connectivity index (χ1) is 9.59. The maximum atomic E-state index is 5.83. The first kappa shape index (κ1) is 17.3. The zero-order valence-electron chi connectivity index (χ0n) is 10.3. The summed E-state index contributed by atoms with van der Waals surface area (Å²) in [7, 11) is 0. The molecule has 114 valence electrons. The molecule has 0 saturated heterocycles. The molecule has 0 saturated carbocycles. The molecule has 0 unspecified atom stereocenters. The Morgan fingerprint density at radius 2 is 1.57 bits per heavy atom. The van der Waals surface area contributed by atoms with Crippen molar-refractivity contribution in [2.45, 2.75) is 14.5 Å². The number of halogens is 6. The Morgan fingerprint density at radius 3 is 1.95 bits per heavy atom. The van der Waals surface area contributed by atoms with Crippen LogP contribution in [0.1, 0.15) is 12.7 Å². The van der Waals surface area contributed by atoms with Crippen LogP contribution in [0.25, 0.3) is 5.57 Å². The lowest BCUT2D eigenvalue weighted by Gasteiger charge is -2.25. The number of allylic oxidation sites excluding steroid dienone is 1. The largest absolute Gasteiger partial charge is 0.465 e. The number of rotatable bonds is 1.